The minimum absolute atomic E-state index is 0.119. The molecule has 3 rings (SSSR count). The maximum Gasteiger partial charge on any atom is 0.234 e. The highest BCUT2D eigenvalue weighted by Gasteiger charge is 2.13. The lowest BCUT2D eigenvalue weighted by Crippen LogP contribution is -2.15. The minimum atomic E-state index is -0.331. The quantitative estimate of drug-likeness (QED) is 0.544. The Labute approximate surface area is 175 Å². The van der Waals surface area contributed by atoms with E-state index < -0.39 is 0 Å². The normalized spacial score (nSPS) is 10.7. The number of hydrogen-bond acceptors (Lipinski definition) is 5. The number of benzene rings is 2. The summed E-state index contributed by atoms with van der Waals surface area (Å²) in [5, 5.41) is 12.1. The molecule has 0 bridgehead atoms. The summed E-state index contributed by atoms with van der Waals surface area (Å²) in [6, 6.07) is 10.7. The third kappa shape index (κ3) is 5.15. The number of thioether (sulfide) groups is 1. The summed E-state index contributed by atoms with van der Waals surface area (Å²) in [6.07, 6.45) is 0. The fraction of sp³-hybridized carbons (Fsp3) is 0.167. The third-order valence-electron chi connectivity index (χ3n) is 3.66. The number of ether oxygens (including phenoxy) is 1. The first-order chi connectivity index (χ1) is 13.4. The highest BCUT2D eigenvalue weighted by molar-refractivity contribution is 7.99. The molecule has 2 aromatic carbocycles. The molecule has 6 nitrogen and oxygen atoms in total. The van der Waals surface area contributed by atoms with Crippen molar-refractivity contribution in [2.75, 3.05) is 11.1 Å². The monoisotopic (exact) mass is 440 g/mol. The summed E-state index contributed by atoms with van der Waals surface area (Å²) >= 11 is 13.2. The zero-order valence-electron chi connectivity index (χ0n) is 14.7. The summed E-state index contributed by atoms with van der Waals surface area (Å²) in [6.45, 7) is 0.167. The average molecular weight is 441 g/mol. The lowest BCUT2D eigenvalue weighted by Gasteiger charge is -2.08. The molecule has 0 saturated carbocycles. The van der Waals surface area contributed by atoms with Crippen LogP contribution in [0.3, 0.4) is 0 Å². The number of anilines is 1. The molecule has 28 heavy (non-hydrogen) atoms. The van der Waals surface area contributed by atoms with Crippen molar-refractivity contribution in [3.63, 3.8) is 0 Å². The molecule has 1 aromatic heterocycles. The van der Waals surface area contributed by atoms with Crippen molar-refractivity contribution in [1.82, 2.24) is 14.8 Å². The van der Waals surface area contributed by atoms with Crippen LogP contribution >= 0.6 is 35.0 Å². The van der Waals surface area contributed by atoms with E-state index in [9.17, 15) is 9.18 Å². The summed E-state index contributed by atoms with van der Waals surface area (Å²) < 4.78 is 20.2. The topological polar surface area (TPSA) is 69.0 Å². The Morgan fingerprint density at radius 1 is 1.21 bits per heavy atom. The maximum atomic E-state index is 12.9. The van der Waals surface area contributed by atoms with Gasteiger partial charge >= 0.3 is 0 Å². The van der Waals surface area contributed by atoms with Crippen LogP contribution in [0.25, 0.3) is 0 Å². The van der Waals surface area contributed by atoms with E-state index in [1.807, 2.05) is 0 Å². The molecule has 10 heteroatoms. The van der Waals surface area contributed by atoms with Gasteiger partial charge < -0.3 is 14.6 Å². The second-order valence-corrected chi connectivity index (χ2v) is 7.37. The molecule has 3 aromatic rings. The van der Waals surface area contributed by atoms with Crippen molar-refractivity contribution < 1.29 is 13.9 Å². The van der Waals surface area contributed by atoms with Crippen LogP contribution in [0.5, 0.6) is 5.75 Å². The van der Waals surface area contributed by atoms with Gasteiger partial charge in [0.2, 0.25) is 5.91 Å². The second kappa shape index (κ2) is 9.27. The number of rotatable bonds is 7. The van der Waals surface area contributed by atoms with Gasteiger partial charge in [-0.2, -0.15) is 0 Å². The number of amides is 1. The molecule has 0 radical (unpaired) electrons. The third-order valence-corrected chi connectivity index (χ3v) is 5.50. The zero-order valence-corrected chi connectivity index (χ0v) is 17.0. The van der Waals surface area contributed by atoms with E-state index in [-0.39, 0.29) is 24.1 Å². The van der Waals surface area contributed by atoms with Crippen molar-refractivity contribution in [1.29, 1.82) is 0 Å². The first-order valence-corrected chi connectivity index (χ1v) is 9.81. The van der Waals surface area contributed by atoms with Crippen molar-refractivity contribution in [2.45, 2.75) is 11.8 Å². The number of halogens is 3. The molecular weight excluding hydrogens is 426 g/mol. The van der Waals surface area contributed by atoms with Crippen LogP contribution in [-0.4, -0.2) is 26.4 Å². The van der Waals surface area contributed by atoms with Gasteiger partial charge in [0.15, 0.2) is 11.0 Å². The smallest absolute Gasteiger partial charge is 0.234 e. The molecule has 1 N–H and O–H groups in total. The van der Waals surface area contributed by atoms with Gasteiger partial charge in [0.1, 0.15) is 18.2 Å². The molecule has 0 spiro atoms. The van der Waals surface area contributed by atoms with Gasteiger partial charge in [-0.3, -0.25) is 4.79 Å². The van der Waals surface area contributed by atoms with Gasteiger partial charge in [0.05, 0.1) is 21.5 Å². The largest absolute Gasteiger partial charge is 0.486 e. The van der Waals surface area contributed by atoms with Gasteiger partial charge in [0.25, 0.3) is 0 Å². The number of carbonyl (C=O) groups excluding carboxylic acids is 1. The van der Waals surface area contributed by atoms with Crippen molar-refractivity contribution >= 4 is 46.6 Å². The molecule has 0 aliphatic rings. The van der Waals surface area contributed by atoms with E-state index in [0.29, 0.717) is 32.5 Å². The molecule has 0 atom stereocenters. The zero-order chi connectivity index (χ0) is 20.1. The van der Waals surface area contributed by atoms with E-state index in [0.717, 1.165) is 0 Å². The lowest BCUT2D eigenvalue weighted by molar-refractivity contribution is -0.113. The van der Waals surface area contributed by atoms with Crippen LogP contribution < -0.4 is 10.1 Å². The van der Waals surface area contributed by atoms with Crippen LogP contribution in [0.2, 0.25) is 10.0 Å². The summed E-state index contributed by atoms with van der Waals surface area (Å²) in [4.78, 5) is 12.2. The number of aromatic nitrogens is 3. The Morgan fingerprint density at radius 3 is 2.71 bits per heavy atom. The van der Waals surface area contributed by atoms with Crippen LogP contribution in [0.1, 0.15) is 5.82 Å². The van der Waals surface area contributed by atoms with Gasteiger partial charge in [-0.15, -0.1) is 10.2 Å². The van der Waals surface area contributed by atoms with E-state index in [2.05, 4.69) is 15.5 Å². The van der Waals surface area contributed by atoms with Gasteiger partial charge in [-0.1, -0.05) is 41.0 Å². The average Bonchev–Trinajstić information content (AvgIpc) is 3.03. The predicted octanol–water partition coefficient (Wildman–Crippen LogP) is 4.57. The van der Waals surface area contributed by atoms with E-state index in [4.69, 9.17) is 27.9 Å². The van der Waals surface area contributed by atoms with Crippen molar-refractivity contribution in [2.24, 2.45) is 7.05 Å². The van der Waals surface area contributed by atoms with Crippen molar-refractivity contribution in [3.05, 3.63) is 64.2 Å². The predicted molar refractivity (Wildman–Crippen MR) is 108 cm³/mol. The number of nitrogens with one attached hydrogen (secondary N) is 1. The first kappa shape index (κ1) is 20.4. The van der Waals surface area contributed by atoms with Crippen LogP contribution in [0, 0.1) is 5.82 Å². The second-order valence-electron chi connectivity index (χ2n) is 5.64. The molecule has 1 amide bonds. The van der Waals surface area contributed by atoms with E-state index >= 15 is 0 Å². The Bertz CT molecular complexity index is 982. The Morgan fingerprint density at radius 2 is 1.96 bits per heavy atom. The number of nitrogens with zero attached hydrogens (tertiary/aromatic N) is 3. The molecule has 0 aliphatic heterocycles. The highest BCUT2D eigenvalue weighted by Crippen LogP contribution is 2.29. The van der Waals surface area contributed by atoms with Crippen molar-refractivity contribution in [3.8, 4) is 5.75 Å². The molecular formula is C18H15Cl2FN4O2S. The van der Waals surface area contributed by atoms with Gasteiger partial charge in [0, 0.05) is 7.05 Å². The SMILES string of the molecule is Cn1c(COc2ccc(F)cc2)nnc1SCC(=O)Nc1cccc(Cl)c1Cl. The Balaban J connectivity index is 1.54. The standard InChI is InChI=1S/C18H15Cl2FN4O2S/c1-25-15(9-27-12-7-5-11(21)6-8-12)23-24-18(25)28-10-16(26)22-14-4-2-3-13(19)17(14)20/h2-8H,9-10H2,1H3,(H,22,26). The molecule has 0 saturated heterocycles. The van der Waals surface area contributed by atoms with E-state index in [1.165, 1.54) is 36.0 Å². The van der Waals surface area contributed by atoms with Gasteiger partial charge in [-0.25, -0.2) is 4.39 Å². The summed E-state index contributed by atoms with van der Waals surface area (Å²) in [7, 11) is 1.78. The summed E-state index contributed by atoms with van der Waals surface area (Å²) in [5.74, 6) is 0.637. The fourth-order valence-electron chi connectivity index (χ4n) is 2.19. The Kier molecular flexibility index (Phi) is 6.77. The molecule has 0 unspecified atom stereocenters. The van der Waals surface area contributed by atoms with E-state index in [1.54, 1.807) is 29.8 Å². The highest BCUT2D eigenvalue weighted by atomic mass is 35.5. The molecule has 0 fully saturated rings. The maximum absolute atomic E-state index is 12.9. The Hall–Kier alpha value is -2.29. The number of hydrogen-bond donors (Lipinski definition) is 1. The number of carbonyl (C=O) groups is 1. The van der Waals surface area contributed by atoms with Crippen LogP contribution in [0.4, 0.5) is 10.1 Å². The minimum Gasteiger partial charge on any atom is -0.486 e. The molecule has 146 valence electrons. The first-order valence-electron chi connectivity index (χ1n) is 8.07. The lowest BCUT2D eigenvalue weighted by atomic mass is 10.3. The fourth-order valence-corrected chi connectivity index (χ4v) is 3.27. The molecule has 0 aliphatic carbocycles. The van der Waals surface area contributed by atoms with Crippen LogP contribution in [0.15, 0.2) is 47.6 Å². The molecule has 1 heterocycles. The summed E-state index contributed by atoms with van der Waals surface area (Å²) in [5.41, 5.74) is 0.450. The van der Waals surface area contributed by atoms with Crippen LogP contribution in [-0.2, 0) is 18.4 Å². The van der Waals surface area contributed by atoms with Gasteiger partial charge in [-0.05, 0) is 36.4 Å².